The van der Waals surface area contributed by atoms with Crippen LogP contribution in [0.1, 0.15) is 5.56 Å². The molecule has 0 saturated heterocycles. The number of para-hydroxylation sites is 2. The number of hydrogen-bond donors (Lipinski definition) is 0. The van der Waals surface area contributed by atoms with E-state index in [1.54, 1.807) is 0 Å². The predicted molar refractivity (Wildman–Crippen MR) is 497 cm³/mol. The molecular formula is C107H68N10S2. The number of thiophene rings is 2. The zero-order chi connectivity index (χ0) is 78.6. The summed E-state index contributed by atoms with van der Waals surface area (Å²) in [7, 11) is 0. The number of fused-ring (bicyclic) bond motifs is 13. The molecule has 23 rings (SSSR count). The average Bonchev–Trinajstić information content (AvgIpc) is 1.60. The summed E-state index contributed by atoms with van der Waals surface area (Å²) in [5, 5.41) is 12.0. The molecule has 0 radical (unpaired) electrons. The quantitative estimate of drug-likeness (QED) is 0.100. The van der Waals surface area contributed by atoms with E-state index in [4.69, 9.17) is 29.9 Å². The molecule has 0 aliphatic rings. The van der Waals surface area contributed by atoms with E-state index >= 15 is 0 Å². The number of hydrogen-bond acceptors (Lipinski definition) is 10. The van der Waals surface area contributed by atoms with Gasteiger partial charge in [0.25, 0.3) is 0 Å². The second kappa shape index (κ2) is 28.6. The van der Waals surface area contributed by atoms with E-state index < -0.39 is 0 Å². The zero-order valence-corrected chi connectivity index (χ0v) is 65.9. The average molecular weight is 1560 g/mol. The van der Waals surface area contributed by atoms with E-state index in [0.29, 0.717) is 34.9 Å². The molecule has 6 aromatic heterocycles. The van der Waals surface area contributed by atoms with Gasteiger partial charge in [0.05, 0.1) is 42.8 Å². The Balaban J connectivity index is 0.585. The van der Waals surface area contributed by atoms with E-state index in [9.17, 15) is 0 Å². The van der Waals surface area contributed by atoms with E-state index in [1.807, 2.05) is 102 Å². The van der Waals surface area contributed by atoms with Crippen LogP contribution in [0.25, 0.3) is 186 Å². The van der Waals surface area contributed by atoms with Crippen molar-refractivity contribution in [2.45, 2.75) is 6.92 Å². The van der Waals surface area contributed by atoms with Gasteiger partial charge < -0.3 is 18.9 Å². The van der Waals surface area contributed by atoms with Crippen LogP contribution in [0.2, 0.25) is 0 Å². The van der Waals surface area contributed by atoms with Crippen LogP contribution in [0.5, 0.6) is 0 Å². The van der Waals surface area contributed by atoms with Crippen molar-refractivity contribution in [1.82, 2.24) is 39.0 Å². The number of rotatable bonds is 15. The lowest BCUT2D eigenvalue weighted by atomic mass is 10.0. The number of aromatic nitrogens is 8. The first-order valence-corrected chi connectivity index (χ1v) is 41.6. The largest absolute Gasteiger partial charge is 0.309 e. The highest BCUT2D eigenvalue weighted by Gasteiger charge is 2.26. The minimum Gasteiger partial charge on any atom is -0.309 e. The molecule has 12 heteroatoms. The molecule has 17 aromatic carbocycles. The summed E-state index contributed by atoms with van der Waals surface area (Å²) in [6, 6.07) is 141. The fraction of sp³-hybridized carbons (Fsp3) is 0.00935. The molecule has 0 N–H and O–H groups in total. The minimum absolute atomic E-state index is 0.581. The fourth-order valence-electron chi connectivity index (χ4n) is 17.4. The Hall–Kier alpha value is -15.3. The molecule has 0 spiro atoms. The van der Waals surface area contributed by atoms with Crippen LogP contribution in [0.15, 0.2) is 394 Å². The molecule has 119 heavy (non-hydrogen) atoms. The molecule has 0 saturated carbocycles. The fourth-order valence-corrected chi connectivity index (χ4v) is 19.7. The first-order valence-electron chi connectivity index (χ1n) is 40.0. The van der Waals surface area contributed by atoms with Gasteiger partial charge in [0.15, 0.2) is 34.9 Å². The molecule has 0 amide bonds. The predicted octanol–water partition coefficient (Wildman–Crippen LogP) is 29.1. The maximum absolute atomic E-state index is 5.35. The Morgan fingerprint density at radius 3 is 1.13 bits per heavy atom. The summed E-state index contributed by atoms with van der Waals surface area (Å²) in [6.07, 6.45) is 0. The maximum Gasteiger partial charge on any atom is 0.164 e. The van der Waals surface area contributed by atoms with Crippen LogP contribution in [0.3, 0.4) is 0 Å². The number of nitrogens with zero attached hydrogens (tertiary/aromatic N) is 10. The van der Waals surface area contributed by atoms with Gasteiger partial charge in [-0.05, 0) is 187 Å². The van der Waals surface area contributed by atoms with Gasteiger partial charge in [-0.2, -0.15) is 0 Å². The van der Waals surface area contributed by atoms with E-state index in [1.165, 1.54) is 62.1 Å². The molecule has 6 heterocycles. The van der Waals surface area contributed by atoms with Crippen molar-refractivity contribution in [3.63, 3.8) is 0 Å². The summed E-state index contributed by atoms with van der Waals surface area (Å²) in [5.74, 6) is 3.62. The third kappa shape index (κ3) is 12.1. The van der Waals surface area contributed by atoms with Crippen molar-refractivity contribution in [1.29, 1.82) is 0 Å². The van der Waals surface area contributed by atoms with Crippen molar-refractivity contribution >= 4 is 152 Å². The molecule has 0 aliphatic carbocycles. The standard InChI is InChI=1S/C107H68N10S2/c1-67-42-61-99-91(62-67)88-36-21-40-97(101(88)119-99)115(81-56-45-68-22-11-12-29-76(68)64-81)83-58-60-95-90(66-83)85-33-14-17-38-93(85)117(95)80-54-48-74(49-55-80)106-111-104(72-27-9-4-10-28-72)112-107(113-106)77-31-19-30-75(63-77)69-43-50-78(51-44-69)114(96-39-20-35-87-86-34-15-18-41-98(86)118-100(87)96)82-57-59-94-89(65-82)84-32-13-16-37-92(84)116(94)79-52-46-73(47-53-79)105-109-102(70-23-5-2-6-24-70)108-103(110-105)71-25-7-3-8-26-71/h2-66H,1H3. The van der Waals surface area contributed by atoms with Crippen LogP contribution in [0.4, 0.5) is 34.1 Å². The first kappa shape index (κ1) is 69.2. The van der Waals surface area contributed by atoms with Crippen LogP contribution in [0, 0.1) is 6.92 Å². The van der Waals surface area contributed by atoms with Crippen molar-refractivity contribution in [3.05, 3.63) is 400 Å². The van der Waals surface area contributed by atoms with Gasteiger partial charge >= 0.3 is 0 Å². The third-order valence-electron chi connectivity index (χ3n) is 23.0. The van der Waals surface area contributed by atoms with Crippen molar-refractivity contribution < 1.29 is 0 Å². The maximum atomic E-state index is 5.35. The van der Waals surface area contributed by atoms with Crippen LogP contribution < -0.4 is 9.80 Å². The lowest BCUT2D eigenvalue weighted by Gasteiger charge is -2.26. The topological polar surface area (TPSA) is 93.7 Å². The van der Waals surface area contributed by atoms with Crippen molar-refractivity contribution in [3.8, 4) is 90.8 Å². The highest BCUT2D eigenvalue weighted by molar-refractivity contribution is 7.26. The number of benzene rings is 17. The van der Waals surface area contributed by atoms with E-state index in [-0.39, 0.29) is 0 Å². The first-order chi connectivity index (χ1) is 58.9. The Labute approximate surface area is 693 Å². The second-order valence-corrected chi connectivity index (χ2v) is 32.4. The van der Waals surface area contributed by atoms with Crippen LogP contribution in [-0.4, -0.2) is 39.0 Å². The van der Waals surface area contributed by atoms with Gasteiger partial charge in [-0.25, -0.2) is 29.9 Å². The summed E-state index contributed by atoms with van der Waals surface area (Å²) >= 11 is 3.70. The lowest BCUT2D eigenvalue weighted by Crippen LogP contribution is -2.10. The molecule has 0 aliphatic heterocycles. The third-order valence-corrected chi connectivity index (χ3v) is 25.4. The Morgan fingerprint density at radius 2 is 0.588 bits per heavy atom. The zero-order valence-electron chi connectivity index (χ0n) is 64.3. The molecule has 0 fully saturated rings. The highest BCUT2D eigenvalue weighted by Crippen LogP contribution is 2.50. The van der Waals surface area contributed by atoms with E-state index in [0.717, 1.165) is 128 Å². The van der Waals surface area contributed by atoms with E-state index in [2.05, 4.69) is 341 Å². The van der Waals surface area contributed by atoms with Gasteiger partial charge in [-0.3, -0.25) is 0 Å². The van der Waals surface area contributed by atoms with Crippen molar-refractivity contribution in [2.75, 3.05) is 9.80 Å². The molecule has 10 nitrogen and oxygen atoms in total. The normalized spacial score (nSPS) is 11.7. The number of aryl methyl sites for hydroxylation is 1. The smallest absolute Gasteiger partial charge is 0.164 e. The van der Waals surface area contributed by atoms with Crippen molar-refractivity contribution in [2.24, 2.45) is 0 Å². The minimum atomic E-state index is 0.581. The second-order valence-electron chi connectivity index (χ2n) is 30.2. The van der Waals surface area contributed by atoms with Gasteiger partial charge in [0, 0.05) is 120 Å². The summed E-state index contributed by atoms with van der Waals surface area (Å²) < 4.78 is 9.75. The Morgan fingerprint density at radius 1 is 0.218 bits per heavy atom. The van der Waals surface area contributed by atoms with Gasteiger partial charge in [-0.1, -0.05) is 242 Å². The summed E-state index contributed by atoms with van der Waals surface area (Å²) in [5.41, 5.74) is 21.7. The number of anilines is 6. The van der Waals surface area contributed by atoms with Crippen LogP contribution >= 0.6 is 22.7 Å². The summed E-state index contributed by atoms with van der Waals surface area (Å²) in [4.78, 5) is 35.8. The Bertz CT molecular complexity index is 7880. The highest BCUT2D eigenvalue weighted by atomic mass is 32.1. The van der Waals surface area contributed by atoms with Gasteiger partial charge in [0.1, 0.15) is 0 Å². The lowest BCUT2D eigenvalue weighted by molar-refractivity contribution is 1.07. The molecule has 558 valence electrons. The van der Waals surface area contributed by atoms with Gasteiger partial charge in [-0.15, -0.1) is 22.7 Å². The van der Waals surface area contributed by atoms with Crippen LogP contribution in [-0.2, 0) is 0 Å². The molecular weight excluding hydrogens is 1490 g/mol. The molecule has 0 unspecified atom stereocenters. The SMILES string of the molecule is Cc1ccc2sc3c(N(c4ccc5ccccc5c4)c4ccc5c(c4)c4ccccc4n5-c4ccc(-c5nc(-c6ccccc6)nc(-c6cccc(-c7ccc(N(c8ccc9c(c8)c8ccccc8n9-c8ccc(-c9nc(-c%10ccccc%10)nc(-c%10ccccc%10)n9)cc8)c8cccc9c8sc8ccccc89)cc7)c6)n5)cc4)cccc3c2c1. The molecule has 0 bridgehead atoms. The van der Waals surface area contributed by atoms with Gasteiger partial charge in [0.2, 0.25) is 0 Å². The monoisotopic (exact) mass is 1560 g/mol. The molecule has 0 atom stereocenters. The Kier molecular flexibility index (Phi) is 16.6. The summed E-state index contributed by atoms with van der Waals surface area (Å²) in [6.45, 7) is 2.18. The molecule has 23 aromatic rings.